The summed E-state index contributed by atoms with van der Waals surface area (Å²) in [6.07, 6.45) is 0.834. The maximum Gasteiger partial charge on any atom is 0.410 e. The maximum atomic E-state index is 11.3. The lowest BCUT2D eigenvalue weighted by Gasteiger charge is -2.28. The molecule has 1 heterocycles. The summed E-state index contributed by atoms with van der Waals surface area (Å²) in [7, 11) is 2.07. The largest absolute Gasteiger partial charge is 0.448 e. The summed E-state index contributed by atoms with van der Waals surface area (Å²) in [6, 6.07) is 0.301. The summed E-state index contributed by atoms with van der Waals surface area (Å²) in [5.74, 6) is 0. The van der Waals surface area contributed by atoms with E-state index in [0.717, 1.165) is 26.1 Å². The van der Waals surface area contributed by atoms with Crippen LogP contribution in [0.3, 0.4) is 0 Å². The molecule has 0 aromatic rings. The molecule has 1 atom stereocenters. The molecule has 0 bridgehead atoms. The van der Waals surface area contributed by atoms with Crippen molar-refractivity contribution < 1.29 is 9.53 Å². The van der Waals surface area contributed by atoms with Crippen molar-refractivity contribution in [1.82, 2.24) is 9.80 Å². The van der Waals surface area contributed by atoms with Crippen molar-refractivity contribution in [2.45, 2.75) is 26.3 Å². The van der Waals surface area contributed by atoms with Crippen LogP contribution < -0.4 is 0 Å². The summed E-state index contributed by atoms with van der Waals surface area (Å²) in [5, 5.41) is 0. The summed E-state index contributed by atoms with van der Waals surface area (Å²) >= 11 is 0. The third-order valence-corrected chi connectivity index (χ3v) is 2.77. The molecular formula is C10H20N2O2. The molecule has 1 rings (SSSR count). The van der Waals surface area contributed by atoms with Gasteiger partial charge in [0.25, 0.3) is 0 Å². The highest BCUT2D eigenvalue weighted by Crippen LogP contribution is 2.12. The monoisotopic (exact) mass is 200 g/mol. The summed E-state index contributed by atoms with van der Waals surface area (Å²) in [5.41, 5.74) is 0. The fraction of sp³-hybridized carbons (Fsp3) is 0.900. The Labute approximate surface area is 85.8 Å². The summed E-state index contributed by atoms with van der Waals surface area (Å²) in [4.78, 5) is 15.4. The molecule has 0 radical (unpaired) electrons. The molecule has 1 aliphatic heterocycles. The van der Waals surface area contributed by atoms with Crippen molar-refractivity contribution in [2.24, 2.45) is 0 Å². The molecule has 1 aliphatic rings. The van der Waals surface area contributed by atoms with Crippen molar-refractivity contribution in [2.75, 3.05) is 33.3 Å². The van der Waals surface area contributed by atoms with Crippen LogP contribution >= 0.6 is 0 Å². The van der Waals surface area contributed by atoms with Crippen molar-refractivity contribution in [3.63, 3.8) is 0 Å². The van der Waals surface area contributed by atoms with Crippen LogP contribution in [0, 0.1) is 0 Å². The molecule has 4 heteroatoms. The van der Waals surface area contributed by atoms with Crippen molar-refractivity contribution in [3.8, 4) is 0 Å². The summed E-state index contributed by atoms with van der Waals surface area (Å²) < 4.78 is 4.93. The molecule has 1 fully saturated rings. The van der Waals surface area contributed by atoms with E-state index in [0.29, 0.717) is 12.6 Å². The van der Waals surface area contributed by atoms with E-state index in [2.05, 4.69) is 25.8 Å². The predicted octanol–water partition coefficient (Wildman–Crippen LogP) is 1.17. The van der Waals surface area contributed by atoms with Gasteiger partial charge in [0, 0.05) is 12.6 Å². The third kappa shape index (κ3) is 2.61. The molecule has 1 saturated heterocycles. The molecule has 4 nitrogen and oxygen atoms in total. The first kappa shape index (κ1) is 11.3. The number of rotatable bonds is 5. The standard InChI is InChI=1S/C10H20N2O2/c1-4-9(8-11(3)5-2)12-6-7-14-10(12)13/h9H,4-8H2,1-3H3/t9-/m1/s1. The zero-order valence-corrected chi connectivity index (χ0v) is 9.32. The van der Waals surface area contributed by atoms with E-state index in [1.165, 1.54) is 0 Å². The molecule has 82 valence electrons. The van der Waals surface area contributed by atoms with E-state index in [1.807, 2.05) is 4.90 Å². The van der Waals surface area contributed by atoms with Gasteiger partial charge in [-0.1, -0.05) is 13.8 Å². The number of hydrogen-bond donors (Lipinski definition) is 0. The van der Waals surface area contributed by atoms with Crippen LogP contribution in [-0.4, -0.2) is 55.2 Å². The van der Waals surface area contributed by atoms with E-state index >= 15 is 0 Å². The second-order valence-corrected chi connectivity index (χ2v) is 3.72. The highest BCUT2D eigenvalue weighted by atomic mass is 16.6. The Bertz CT molecular complexity index is 197. The zero-order valence-electron chi connectivity index (χ0n) is 9.32. The number of hydrogen-bond acceptors (Lipinski definition) is 3. The molecule has 0 spiro atoms. The maximum absolute atomic E-state index is 11.3. The molecule has 0 aromatic heterocycles. The lowest BCUT2D eigenvalue weighted by molar-refractivity contribution is 0.137. The Kier molecular flexibility index (Phi) is 4.20. The van der Waals surface area contributed by atoms with Gasteiger partial charge in [0.15, 0.2) is 0 Å². The fourth-order valence-electron chi connectivity index (χ4n) is 1.67. The lowest BCUT2D eigenvalue weighted by atomic mass is 10.2. The number of cyclic esters (lactones) is 1. The topological polar surface area (TPSA) is 32.8 Å². The third-order valence-electron chi connectivity index (χ3n) is 2.77. The van der Waals surface area contributed by atoms with Gasteiger partial charge in [-0.05, 0) is 20.0 Å². The van der Waals surface area contributed by atoms with Gasteiger partial charge in [0.05, 0.1) is 6.54 Å². The van der Waals surface area contributed by atoms with Gasteiger partial charge in [-0.25, -0.2) is 4.79 Å². The van der Waals surface area contributed by atoms with Crippen LogP contribution in [0.2, 0.25) is 0 Å². The average molecular weight is 200 g/mol. The second-order valence-electron chi connectivity index (χ2n) is 3.72. The lowest BCUT2D eigenvalue weighted by Crippen LogP contribution is -2.43. The summed E-state index contributed by atoms with van der Waals surface area (Å²) in [6.45, 7) is 7.47. The van der Waals surface area contributed by atoms with E-state index < -0.39 is 0 Å². The first-order valence-corrected chi connectivity index (χ1v) is 5.31. The number of amides is 1. The van der Waals surface area contributed by atoms with Crippen molar-refractivity contribution in [3.05, 3.63) is 0 Å². The van der Waals surface area contributed by atoms with Crippen LogP contribution in [0.5, 0.6) is 0 Å². The van der Waals surface area contributed by atoms with E-state index in [9.17, 15) is 4.79 Å². The smallest absolute Gasteiger partial charge is 0.410 e. The van der Waals surface area contributed by atoms with Crippen LogP contribution in [0.25, 0.3) is 0 Å². The van der Waals surface area contributed by atoms with Gasteiger partial charge in [-0.3, -0.25) is 0 Å². The molecule has 0 aromatic carbocycles. The zero-order chi connectivity index (χ0) is 10.6. The van der Waals surface area contributed by atoms with Crippen LogP contribution in [0.15, 0.2) is 0 Å². The van der Waals surface area contributed by atoms with E-state index in [1.54, 1.807) is 0 Å². The Morgan fingerprint density at radius 1 is 1.57 bits per heavy atom. The Balaban J connectivity index is 2.48. The molecular weight excluding hydrogens is 180 g/mol. The van der Waals surface area contributed by atoms with Crippen molar-refractivity contribution >= 4 is 6.09 Å². The minimum atomic E-state index is -0.152. The van der Waals surface area contributed by atoms with Gasteiger partial charge >= 0.3 is 6.09 Å². The SMILES string of the molecule is CC[C@H](CN(C)CC)N1CCOC1=O. The van der Waals surface area contributed by atoms with Gasteiger partial charge in [0.1, 0.15) is 6.61 Å². The second kappa shape index (κ2) is 5.20. The Morgan fingerprint density at radius 3 is 2.71 bits per heavy atom. The number of carbonyl (C=O) groups is 1. The molecule has 0 saturated carbocycles. The van der Waals surface area contributed by atoms with Gasteiger partial charge in [-0.2, -0.15) is 0 Å². The molecule has 0 aliphatic carbocycles. The predicted molar refractivity (Wildman–Crippen MR) is 55.3 cm³/mol. The first-order chi connectivity index (χ1) is 6.69. The Hall–Kier alpha value is -0.770. The Morgan fingerprint density at radius 2 is 2.29 bits per heavy atom. The van der Waals surface area contributed by atoms with Gasteiger partial charge in [-0.15, -0.1) is 0 Å². The molecule has 1 amide bonds. The molecule has 14 heavy (non-hydrogen) atoms. The minimum Gasteiger partial charge on any atom is -0.448 e. The minimum absolute atomic E-state index is 0.152. The fourth-order valence-corrected chi connectivity index (χ4v) is 1.67. The highest BCUT2D eigenvalue weighted by Gasteiger charge is 2.28. The molecule has 0 N–H and O–H groups in total. The van der Waals surface area contributed by atoms with E-state index in [4.69, 9.17) is 4.74 Å². The molecule has 0 unspecified atom stereocenters. The van der Waals surface area contributed by atoms with Crippen LogP contribution in [0.1, 0.15) is 20.3 Å². The van der Waals surface area contributed by atoms with Gasteiger partial charge in [0.2, 0.25) is 0 Å². The number of nitrogens with zero attached hydrogens (tertiary/aromatic N) is 2. The number of carbonyl (C=O) groups excluding carboxylic acids is 1. The number of likely N-dealkylation sites (N-methyl/N-ethyl adjacent to an activating group) is 1. The normalized spacial score (nSPS) is 18.9. The first-order valence-electron chi connectivity index (χ1n) is 5.31. The average Bonchev–Trinajstić information content (AvgIpc) is 2.60. The van der Waals surface area contributed by atoms with Crippen molar-refractivity contribution in [1.29, 1.82) is 0 Å². The van der Waals surface area contributed by atoms with Crippen LogP contribution in [-0.2, 0) is 4.74 Å². The van der Waals surface area contributed by atoms with Gasteiger partial charge < -0.3 is 14.5 Å². The quantitative estimate of drug-likeness (QED) is 0.668. The van der Waals surface area contributed by atoms with Crippen LogP contribution in [0.4, 0.5) is 4.79 Å². The highest BCUT2D eigenvalue weighted by molar-refractivity contribution is 5.69. The number of ether oxygens (including phenoxy) is 1. The van der Waals surface area contributed by atoms with E-state index in [-0.39, 0.29) is 6.09 Å².